The van der Waals surface area contributed by atoms with Gasteiger partial charge in [-0.15, -0.1) is 0 Å². The van der Waals surface area contributed by atoms with Crippen LogP contribution >= 0.6 is 11.6 Å². The van der Waals surface area contributed by atoms with Crippen molar-refractivity contribution >= 4 is 23.4 Å². The highest BCUT2D eigenvalue weighted by molar-refractivity contribution is 6.30. The van der Waals surface area contributed by atoms with Gasteiger partial charge in [-0.05, 0) is 18.2 Å². The number of hydrogen-bond donors (Lipinski definition) is 2. The zero-order chi connectivity index (χ0) is 22.2. The fourth-order valence-corrected chi connectivity index (χ4v) is 2.57. The van der Waals surface area contributed by atoms with Gasteiger partial charge < -0.3 is 24.8 Å². The van der Waals surface area contributed by atoms with Crippen molar-refractivity contribution in [2.45, 2.75) is 12.5 Å². The van der Waals surface area contributed by atoms with E-state index in [2.05, 4.69) is 22.2 Å². The van der Waals surface area contributed by atoms with Gasteiger partial charge in [0.25, 0.3) is 11.8 Å². The van der Waals surface area contributed by atoms with E-state index in [0.717, 1.165) is 6.07 Å². The lowest BCUT2D eigenvalue weighted by molar-refractivity contribution is -0.123. The molecule has 1 aromatic carbocycles. The van der Waals surface area contributed by atoms with E-state index >= 15 is 0 Å². The maximum Gasteiger partial charge on any atom is 0.257 e. The summed E-state index contributed by atoms with van der Waals surface area (Å²) in [5.41, 5.74) is 0.781. The van der Waals surface area contributed by atoms with Gasteiger partial charge in [0.05, 0.1) is 23.8 Å². The van der Waals surface area contributed by atoms with Crippen LogP contribution in [0.25, 0.3) is 0 Å². The third-order valence-corrected chi connectivity index (χ3v) is 4.50. The lowest BCUT2D eigenvalue weighted by Gasteiger charge is -2.26. The van der Waals surface area contributed by atoms with Crippen LogP contribution in [0.15, 0.2) is 48.8 Å². The normalized spacial score (nSPS) is 13.1. The molecule has 2 heterocycles. The van der Waals surface area contributed by atoms with E-state index in [1.165, 1.54) is 18.3 Å². The molecule has 1 aliphatic heterocycles. The van der Waals surface area contributed by atoms with Crippen molar-refractivity contribution in [1.29, 1.82) is 0 Å². The summed E-state index contributed by atoms with van der Waals surface area (Å²) in [5, 5.41) is 5.25. The largest absolute Gasteiger partial charge is 0.484 e. The van der Waals surface area contributed by atoms with E-state index < -0.39 is 11.7 Å². The number of carbonyl (C=O) groups excluding carboxylic acids is 2. The fraction of sp³-hybridized carbons (Fsp3) is 0.286. The van der Waals surface area contributed by atoms with Crippen molar-refractivity contribution in [3.63, 3.8) is 0 Å². The first-order valence-corrected chi connectivity index (χ1v) is 9.82. The standard InChI is InChI=1S/C21H21ClFN3O5/c1-13(6-7-24-19(27)12-30-15-3-4-17(22)18(23)8-15)26-21(28)14-2-5-20(25-9-14)31-16-10-29-11-16/h2-5,8-9,16H,1,6-7,10-12H2,(H,24,27)(H,26,28). The minimum Gasteiger partial charge on any atom is -0.484 e. The lowest BCUT2D eigenvalue weighted by Crippen LogP contribution is -2.38. The summed E-state index contributed by atoms with van der Waals surface area (Å²) < 4.78 is 29.1. The summed E-state index contributed by atoms with van der Waals surface area (Å²) in [6, 6.07) is 7.12. The predicted octanol–water partition coefficient (Wildman–Crippen LogP) is 2.48. The Kier molecular flexibility index (Phi) is 7.80. The smallest absolute Gasteiger partial charge is 0.257 e. The van der Waals surface area contributed by atoms with Gasteiger partial charge >= 0.3 is 0 Å². The number of carbonyl (C=O) groups is 2. The highest BCUT2D eigenvalue weighted by Gasteiger charge is 2.20. The lowest BCUT2D eigenvalue weighted by atomic mass is 10.2. The molecule has 0 unspecified atom stereocenters. The Morgan fingerprint density at radius 3 is 2.74 bits per heavy atom. The third-order valence-electron chi connectivity index (χ3n) is 4.19. The van der Waals surface area contributed by atoms with Gasteiger partial charge in [-0.2, -0.15) is 0 Å². The molecule has 0 bridgehead atoms. The molecular weight excluding hydrogens is 429 g/mol. The maximum absolute atomic E-state index is 13.3. The fourth-order valence-electron chi connectivity index (χ4n) is 2.45. The number of ether oxygens (including phenoxy) is 3. The molecule has 8 nitrogen and oxygen atoms in total. The van der Waals surface area contributed by atoms with Crippen molar-refractivity contribution in [2.24, 2.45) is 0 Å². The number of amides is 2. The molecular formula is C21H21ClFN3O5. The molecule has 1 saturated heterocycles. The molecule has 0 saturated carbocycles. The van der Waals surface area contributed by atoms with Gasteiger partial charge in [-0.1, -0.05) is 18.2 Å². The first kappa shape index (κ1) is 22.5. The molecule has 10 heteroatoms. The minimum absolute atomic E-state index is 0.0000728. The second-order valence-corrected chi connectivity index (χ2v) is 7.09. The van der Waals surface area contributed by atoms with E-state index in [9.17, 15) is 14.0 Å². The van der Waals surface area contributed by atoms with Crippen molar-refractivity contribution in [2.75, 3.05) is 26.4 Å². The number of rotatable bonds is 10. The highest BCUT2D eigenvalue weighted by Crippen LogP contribution is 2.20. The van der Waals surface area contributed by atoms with Crippen LogP contribution in [0, 0.1) is 5.82 Å². The first-order chi connectivity index (χ1) is 14.9. The molecule has 3 rings (SSSR count). The van der Waals surface area contributed by atoms with Crippen LogP contribution in [0.3, 0.4) is 0 Å². The maximum atomic E-state index is 13.3. The zero-order valence-corrected chi connectivity index (χ0v) is 17.3. The minimum atomic E-state index is -0.628. The summed E-state index contributed by atoms with van der Waals surface area (Å²) in [7, 11) is 0. The molecule has 0 atom stereocenters. The zero-order valence-electron chi connectivity index (χ0n) is 16.5. The van der Waals surface area contributed by atoms with Crippen LogP contribution in [-0.4, -0.2) is 49.3 Å². The summed E-state index contributed by atoms with van der Waals surface area (Å²) in [6.07, 6.45) is 1.74. The second-order valence-electron chi connectivity index (χ2n) is 6.68. The van der Waals surface area contributed by atoms with Crippen LogP contribution in [0.2, 0.25) is 5.02 Å². The Balaban J connectivity index is 1.33. The molecule has 31 heavy (non-hydrogen) atoms. The van der Waals surface area contributed by atoms with Gasteiger partial charge in [-0.25, -0.2) is 9.37 Å². The van der Waals surface area contributed by atoms with Crippen LogP contribution in [-0.2, 0) is 9.53 Å². The number of nitrogens with zero attached hydrogens (tertiary/aromatic N) is 1. The number of nitrogens with one attached hydrogen (secondary N) is 2. The van der Waals surface area contributed by atoms with Crippen molar-refractivity contribution in [3.8, 4) is 11.6 Å². The Labute approximate surface area is 183 Å². The van der Waals surface area contributed by atoms with Crippen LogP contribution < -0.4 is 20.1 Å². The molecule has 1 aliphatic rings. The molecule has 2 aromatic rings. The van der Waals surface area contributed by atoms with E-state index in [-0.39, 0.29) is 35.9 Å². The summed E-state index contributed by atoms with van der Waals surface area (Å²) in [4.78, 5) is 28.2. The van der Waals surface area contributed by atoms with Crippen molar-refractivity contribution < 1.29 is 28.2 Å². The molecule has 0 radical (unpaired) electrons. The Morgan fingerprint density at radius 1 is 1.29 bits per heavy atom. The molecule has 1 fully saturated rings. The summed E-state index contributed by atoms with van der Waals surface area (Å²) in [5.74, 6) is -0.770. The second kappa shape index (κ2) is 10.7. The average Bonchev–Trinajstić information content (AvgIpc) is 2.72. The van der Waals surface area contributed by atoms with Gasteiger partial charge in [0.1, 0.15) is 17.7 Å². The summed E-state index contributed by atoms with van der Waals surface area (Å²) >= 11 is 5.59. The SMILES string of the molecule is C=C(CCNC(=O)COc1ccc(Cl)c(F)c1)NC(=O)c1ccc(OC2COC2)nc1. The van der Waals surface area contributed by atoms with E-state index in [0.29, 0.717) is 36.8 Å². The Bertz CT molecular complexity index is 951. The van der Waals surface area contributed by atoms with Crippen LogP contribution in [0.5, 0.6) is 11.6 Å². The Hall–Kier alpha value is -3.17. The van der Waals surface area contributed by atoms with Gasteiger partial charge in [0.15, 0.2) is 6.61 Å². The van der Waals surface area contributed by atoms with Gasteiger partial charge in [0, 0.05) is 37.0 Å². The number of benzene rings is 1. The van der Waals surface area contributed by atoms with E-state index in [4.69, 9.17) is 25.8 Å². The molecule has 0 aliphatic carbocycles. The molecule has 2 amide bonds. The van der Waals surface area contributed by atoms with Gasteiger partial charge in [0.2, 0.25) is 5.88 Å². The number of hydrogen-bond acceptors (Lipinski definition) is 6. The summed E-state index contributed by atoms with van der Waals surface area (Å²) in [6.45, 7) is 4.80. The van der Waals surface area contributed by atoms with E-state index in [1.807, 2.05) is 0 Å². The average molecular weight is 450 g/mol. The first-order valence-electron chi connectivity index (χ1n) is 9.45. The third kappa shape index (κ3) is 6.94. The van der Waals surface area contributed by atoms with Crippen molar-refractivity contribution in [1.82, 2.24) is 15.6 Å². The number of aromatic nitrogens is 1. The number of halogens is 2. The number of pyridine rings is 1. The van der Waals surface area contributed by atoms with Crippen molar-refractivity contribution in [3.05, 3.63) is 65.2 Å². The van der Waals surface area contributed by atoms with Crippen LogP contribution in [0.1, 0.15) is 16.8 Å². The quantitative estimate of drug-likeness (QED) is 0.578. The molecule has 1 aromatic heterocycles. The molecule has 164 valence electrons. The molecule has 2 N–H and O–H groups in total. The topological polar surface area (TPSA) is 98.8 Å². The van der Waals surface area contributed by atoms with Gasteiger partial charge in [-0.3, -0.25) is 9.59 Å². The van der Waals surface area contributed by atoms with Crippen LogP contribution in [0.4, 0.5) is 4.39 Å². The monoisotopic (exact) mass is 449 g/mol. The van der Waals surface area contributed by atoms with E-state index in [1.54, 1.807) is 12.1 Å². The highest BCUT2D eigenvalue weighted by atomic mass is 35.5. The predicted molar refractivity (Wildman–Crippen MR) is 111 cm³/mol. The Morgan fingerprint density at radius 2 is 2.10 bits per heavy atom. The molecule has 0 spiro atoms.